The minimum atomic E-state index is -0.279. The molecule has 0 spiro atoms. The van der Waals surface area contributed by atoms with Crippen molar-refractivity contribution in [2.45, 2.75) is 17.9 Å². The zero-order valence-electron chi connectivity index (χ0n) is 17.0. The fraction of sp³-hybridized carbons (Fsp3) is 0.174. The number of fused-ring (bicyclic) bond motifs is 1. The number of para-hydroxylation sites is 2. The molecule has 0 atom stereocenters. The first-order chi connectivity index (χ1) is 15.1. The van der Waals surface area contributed by atoms with E-state index < -0.39 is 0 Å². The van der Waals surface area contributed by atoms with Gasteiger partial charge in [-0.15, -0.1) is 11.8 Å². The third-order valence-electron chi connectivity index (χ3n) is 4.77. The standard InChI is InChI=1S/C23H22N4O3S/c1-31-17-7-4-6-16(14-17)25-22(28)15-27-19-9-3-2-8-18(19)26-21(27)11-12-24-23(29)20-10-5-13-30-20/h2-10,13-14H,11-12,15H2,1H3,(H,24,29)(H,25,28). The number of imidazole rings is 1. The molecule has 0 aliphatic heterocycles. The van der Waals surface area contributed by atoms with Crippen LogP contribution in [0.2, 0.25) is 0 Å². The van der Waals surface area contributed by atoms with Gasteiger partial charge in [0.1, 0.15) is 12.4 Å². The average molecular weight is 435 g/mol. The summed E-state index contributed by atoms with van der Waals surface area (Å²) < 4.78 is 7.00. The molecule has 2 aromatic carbocycles. The van der Waals surface area contributed by atoms with Crippen molar-refractivity contribution in [2.75, 3.05) is 18.1 Å². The number of rotatable bonds is 8. The molecule has 0 aliphatic rings. The normalized spacial score (nSPS) is 10.9. The number of nitrogens with one attached hydrogen (secondary N) is 2. The maximum Gasteiger partial charge on any atom is 0.286 e. The van der Waals surface area contributed by atoms with Crippen LogP contribution in [-0.4, -0.2) is 34.2 Å². The molecule has 0 unspecified atom stereocenters. The van der Waals surface area contributed by atoms with Crippen LogP contribution in [0, 0.1) is 0 Å². The summed E-state index contributed by atoms with van der Waals surface area (Å²) in [7, 11) is 0. The third-order valence-corrected chi connectivity index (χ3v) is 5.49. The van der Waals surface area contributed by atoms with Gasteiger partial charge in [0, 0.05) is 23.5 Å². The van der Waals surface area contributed by atoms with Crippen LogP contribution >= 0.6 is 11.8 Å². The predicted molar refractivity (Wildman–Crippen MR) is 121 cm³/mol. The van der Waals surface area contributed by atoms with Gasteiger partial charge < -0.3 is 19.6 Å². The van der Waals surface area contributed by atoms with Crippen molar-refractivity contribution in [3.63, 3.8) is 0 Å². The molecular formula is C23H22N4O3S. The van der Waals surface area contributed by atoms with E-state index in [1.54, 1.807) is 23.9 Å². The van der Waals surface area contributed by atoms with E-state index in [0.717, 1.165) is 27.4 Å². The van der Waals surface area contributed by atoms with Crippen molar-refractivity contribution >= 4 is 40.3 Å². The Kier molecular flexibility index (Phi) is 6.37. The fourth-order valence-electron chi connectivity index (χ4n) is 3.32. The van der Waals surface area contributed by atoms with Crippen LogP contribution in [0.3, 0.4) is 0 Å². The summed E-state index contributed by atoms with van der Waals surface area (Å²) in [5.74, 6) is 0.579. The summed E-state index contributed by atoms with van der Waals surface area (Å²) in [6.07, 6.45) is 3.94. The van der Waals surface area contributed by atoms with E-state index in [1.807, 2.05) is 59.4 Å². The second kappa shape index (κ2) is 9.53. The first-order valence-electron chi connectivity index (χ1n) is 9.84. The van der Waals surface area contributed by atoms with Crippen molar-refractivity contribution < 1.29 is 14.0 Å². The van der Waals surface area contributed by atoms with Crippen LogP contribution in [0.15, 0.2) is 76.2 Å². The van der Waals surface area contributed by atoms with Gasteiger partial charge in [0.25, 0.3) is 5.91 Å². The molecule has 2 N–H and O–H groups in total. The lowest BCUT2D eigenvalue weighted by Crippen LogP contribution is -2.27. The Bertz CT molecular complexity index is 1200. The number of aromatic nitrogens is 2. The van der Waals surface area contributed by atoms with Gasteiger partial charge in [-0.1, -0.05) is 18.2 Å². The lowest BCUT2D eigenvalue weighted by atomic mass is 10.3. The van der Waals surface area contributed by atoms with E-state index in [4.69, 9.17) is 4.42 Å². The van der Waals surface area contributed by atoms with Gasteiger partial charge in [-0.3, -0.25) is 9.59 Å². The van der Waals surface area contributed by atoms with Crippen LogP contribution in [0.25, 0.3) is 11.0 Å². The molecule has 0 bridgehead atoms. The maximum absolute atomic E-state index is 12.8. The number of benzene rings is 2. The van der Waals surface area contributed by atoms with Gasteiger partial charge in [0.2, 0.25) is 5.91 Å². The maximum atomic E-state index is 12.8. The monoisotopic (exact) mass is 434 g/mol. The Labute approximate surface area is 183 Å². The Morgan fingerprint density at radius 2 is 1.97 bits per heavy atom. The molecule has 8 heteroatoms. The number of carbonyl (C=O) groups excluding carboxylic acids is 2. The first-order valence-corrected chi connectivity index (χ1v) is 11.1. The molecule has 0 aliphatic carbocycles. The van der Waals surface area contributed by atoms with Crippen LogP contribution in [0.1, 0.15) is 16.4 Å². The number of anilines is 1. The number of thioether (sulfide) groups is 1. The molecule has 0 radical (unpaired) electrons. The molecule has 0 saturated carbocycles. The zero-order chi connectivity index (χ0) is 21.6. The first kappa shape index (κ1) is 20.7. The highest BCUT2D eigenvalue weighted by atomic mass is 32.2. The topological polar surface area (TPSA) is 89.2 Å². The summed E-state index contributed by atoms with van der Waals surface area (Å²) in [6.45, 7) is 0.506. The molecule has 31 heavy (non-hydrogen) atoms. The van der Waals surface area contributed by atoms with E-state index in [0.29, 0.717) is 13.0 Å². The van der Waals surface area contributed by atoms with Crippen molar-refractivity contribution in [1.29, 1.82) is 0 Å². The zero-order valence-corrected chi connectivity index (χ0v) is 17.8. The van der Waals surface area contributed by atoms with Gasteiger partial charge in [-0.05, 0) is 48.7 Å². The van der Waals surface area contributed by atoms with Gasteiger partial charge in [0.05, 0.1) is 17.3 Å². The van der Waals surface area contributed by atoms with Gasteiger partial charge in [0.15, 0.2) is 5.76 Å². The number of amides is 2. The smallest absolute Gasteiger partial charge is 0.286 e. The molecule has 2 aromatic heterocycles. The summed E-state index contributed by atoms with van der Waals surface area (Å²) in [5.41, 5.74) is 2.45. The molecule has 2 amide bonds. The van der Waals surface area contributed by atoms with Crippen LogP contribution < -0.4 is 10.6 Å². The molecule has 158 valence electrons. The summed E-state index contributed by atoms with van der Waals surface area (Å²) in [4.78, 5) is 30.6. The van der Waals surface area contributed by atoms with Gasteiger partial charge in [-0.2, -0.15) is 0 Å². The van der Waals surface area contributed by atoms with Crippen LogP contribution in [-0.2, 0) is 17.8 Å². The van der Waals surface area contributed by atoms with E-state index >= 15 is 0 Å². The van der Waals surface area contributed by atoms with Gasteiger partial charge >= 0.3 is 0 Å². The molecular weight excluding hydrogens is 412 g/mol. The molecule has 4 aromatic rings. The minimum absolute atomic E-state index is 0.130. The number of nitrogens with zero attached hydrogens (tertiary/aromatic N) is 2. The van der Waals surface area contributed by atoms with E-state index in [9.17, 15) is 9.59 Å². The predicted octanol–water partition coefficient (Wildman–Crippen LogP) is 3.96. The summed E-state index contributed by atoms with van der Waals surface area (Å²) in [6, 6.07) is 18.7. The summed E-state index contributed by atoms with van der Waals surface area (Å²) in [5, 5.41) is 5.78. The number of furan rings is 1. The highest BCUT2D eigenvalue weighted by molar-refractivity contribution is 7.98. The SMILES string of the molecule is CSc1cccc(NC(=O)Cn2c(CCNC(=O)c3ccco3)nc3ccccc32)c1. The van der Waals surface area contributed by atoms with E-state index in [2.05, 4.69) is 15.6 Å². The van der Waals surface area contributed by atoms with Crippen molar-refractivity contribution in [2.24, 2.45) is 0 Å². The Hall–Kier alpha value is -3.52. The Balaban J connectivity index is 1.48. The average Bonchev–Trinajstić information content (AvgIpc) is 3.43. The Morgan fingerprint density at radius 1 is 1.10 bits per heavy atom. The largest absolute Gasteiger partial charge is 0.459 e. The van der Waals surface area contributed by atoms with Crippen LogP contribution in [0.4, 0.5) is 5.69 Å². The van der Waals surface area contributed by atoms with Crippen molar-refractivity contribution in [3.05, 3.63) is 78.5 Å². The van der Waals surface area contributed by atoms with Crippen LogP contribution in [0.5, 0.6) is 0 Å². The summed E-state index contributed by atoms with van der Waals surface area (Å²) >= 11 is 1.62. The van der Waals surface area contributed by atoms with Crippen molar-refractivity contribution in [1.82, 2.24) is 14.9 Å². The molecule has 2 heterocycles. The highest BCUT2D eigenvalue weighted by Gasteiger charge is 2.15. The van der Waals surface area contributed by atoms with E-state index in [1.165, 1.54) is 6.26 Å². The molecule has 7 nitrogen and oxygen atoms in total. The van der Waals surface area contributed by atoms with Gasteiger partial charge in [-0.25, -0.2) is 4.98 Å². The number of hydrogen-bond acceptors (Lipinski definition) is 5. The second-order valence-corrected chi connectivity index (χ2v) is 7.75. The Morgan fingerprint density at radius 3 is 2.77 bits per heavy atom. The molecule has 0 saturated heterocycles. The second-order valence-electron chi connectivity index (χ2n) is 6.87. The third kappa shape index (κ3) is 4.97. The van der Waals surface area contributed by atoms with Crippen molar-refractivity contribution in [3.8, 4) is 0 Å². The number of hydrogen-bond donors (Lipinski definition) is 2. The fourth-order valence-corrected chi connectivity index (χ4v) is 3.78. The highest BCUT2D eigenvalue weighted by Crippen LogP contribution is 2.20. The van der Waals surface area contributed by atoms with E-state index in [-0.39, 0.29) is 24.1 Å². The lowest BCUT2D eigenvalue weighted by Gasteiger charge is -2.11. The quantitative estimate of drug-likeness (QED) is 0.410. The molecule has 4 rings (SSSR count). The lowest BCUT2D eigenvalue weighted by molar-refractivity contribution is -0.116. The minimum Gasteiger partial charge on any atom is -0.459 e. The molecule has 0 fully saturated rings. The number of carbonyl (C=O) groups is 2.